The van der Waals surface area contributed by atoms with Gasteiger partial charge in [0.1, 0.15) is 6.04 Å². The lowest BCUT2D eigenvalue weighted by atomic mass is 10.0. The van der Waals surface area contributed by atoms with Crippen LogP contribution in [-0.4, -0.2) is 29.3 Å². The second kappa shape index (κ2) is 6.99. The van der Waals surface area contributed by atoms with Crippen molar-refractivity contribution in [2.75, 3.05) is 6.54 Å². The van der Waals surface area contributed by atoms with Crippen LogP contribution in [-0.2, 0) is 16.1 Å². The van der Waals surface area contributed by atoms with Gasteiger partial charge in [-0.05, 0) is 37.7 Å². The van der Waals surface area contributed by atoms with Gasteiger partial charge in [0.25, 0.3) is 0 Å². The predicted octanol–water partition coefficient (Wildman–Crippen LogP) is 2.57. The summed E-state index contributed by atoms with van der Waals surface area (Å²) in [5.74, 6) is 0.383. The average molecular weight is 312 g/mol. The maximum Gasteiger partial charge on any atom is 0.245 e. The molecule has 1 N–H and O–H groups in total. The molecule has 0 spiro atoms. The van der Waals surface area contributed by atoms with Crippen LogP contribution >= 0.6 is 0 Å². The lowest BCUT2D eigenvalue weighted by Crippen LogP contribution is -2.41. The summed E-state index contributed by atoms with van der Waals surface area (Å²) in [6.45, 7) is 3.38. The minimum Gasteiger partial charge on any atom is -0.344 e. The fraction of sp³-hybridized carbons (Fsp3) is 0.474. The van der Waals surface area contributed by atoms with Crippen LogP contribution in [0.1, 0.15) is 36.8 Å². The summed E-state index contributed by atoms with van der Waals surface area (Å²) in [5.41, 5.74) is 2.35. The molecule has 0 radical (unpaired) electrons. The molecule has 1 fully saturated rings. The molecule has 4 heteroatoms. The molecule has 0 saturated carbocycles. The number of benzene rings is 1. The summed E-state index contributed by atoms with van der Waals surface area (Å²) in [6.07, 6.45) is 7.55. The van der Waals surface area contributed by atoms with Crippen LogP contribution in [0.5, 0.6) is 0 Å². The number of likely N-dealkylation sites (tertiary alicyclic amines) is 1. The molecule has 3 rings (SSSR count). The molecule has 1 aromatic rings. The Morgan fingerprint density at radius 2 is 2.04 bits per heavy atom. The van der Waals surface area contributed by atoms with E-state index >= 15 is 0 Å². The first kappa shape index (κ1) is 15.8. The molecule has 2 unspecified atom stereocenters. The zero-order valence-corrected chi connectivity index (χ0v) is 13.6. The van der Waals surface area contributed by atoms with E-state index in [1.165, 1.54) is 5.56 Å². The molecular weight excluding hydrogens is 288 g/mol. The van der Waals surface area contributed by atoms with E-state index < -0.39 is 0 Å². The summed E-state index contributed by atoms with van der Waals surface area (Å²) in [4.78, 5) is 26.4. The zero-order valence-electron chi connectivity index (χ0n) is 13.6. The average Bonchev–Trinajstić information content (AvgIpc) is 3.14. The van der Waals surface area contributed by atoms with Crippen molar-refractivity contribution in [1.29, 1.82) is 0 Å². The molecule has 1 saturated heterocycles. The Morgan fingerprint density at radius 1 is 1.26 bits per heavy atom. The molecule has 122 valence electrons. The van der Waals surface area contributed by atoms with Crippen molar-refractivity contribution in [3.63, 3.8) is 0 Å². The molecule has 0 aromatic heterocycles. The van der Waals surface area contributed by atoms with Crippen LogP contribution in [0.2, 0.25) is 0 Å². The number of hydrogen-bond acceptors (Lipinski definition) is 2. The van der Waals surface area contributed by atoms with Crippen molar-refractivity contribution in [1.82, 2.24) is 10.2 Å². The van der Waals surface area contributed by atoms with Crippen LogP contribution in [0.15, 0.2) is 36.4 Å². The lowest BCUT2D eigenvalue weighted by molar-refractivity contribution is -0.133. The van der Waals surface area contributed by atoms with E-state index in [0.717, 1.165) is 18.4 Å². The molecule has 0 bridgehead atoms. The fourth-order valence-corrected chi connectivity index (χ4v) is 3.30. The third-order valence-electron chi connectivity index (χ3n) is 4.69. The molecule has 23 heavy (non-hydrogen) atoms. The first-order valence-electron chi connectivity index (χ1n) is 8.42. The highest BCUT2D eigenvalue weighted by molar-refractivity contribution is 5.89. The number of nitrogens with one attached hydrogen (secondary N) is 1. The Hall–Kier alpha value is -2.10. The molecule has 4 nitrogen and oxygen atoms in total. The van der Waals surface area contributed by atoms with Gasteiger partial charge >= 0.3 is 0 Å². The minimum atomic E-state index is -0.349. The Labute approximate surface area is 137 Å². The van der Waals surface area contributed by atoms with Gasteiger partial charge in [-0.1, -0.05) is 42.0 Å². The molecule has 2 amide bonds. The van der Waals surface area contributed by atoms with Crippen molar-refractivity contribution < 1.29 is 9.59 Å². The van der Waals surface area contributed by atoms with Crippen LogP contribution in [0.25, 0.3) is 0 Å². The topological polar surface area (TPSA) is 49.4 Å². The van der Waals surface area contributed by atoms with E-state index in [1.54, 1.807) is 0 Å². The zero-order chi connectivity index (χ0) is 16.2. The molecule has 1 aliphatic heterocycles. The summed E-state index contributed by atoms with van der Waals surface area (Å²) < 4.78 is 0. The summed E-state index contributed by atoms with van der Waals surface area (Å²) in [5, 5.41) is 2.92. The second-order valence-corrected chi connectivity index (χ2v) is 6.62. The molecule has 1 heterocycles. The highest BCUT2D eigenvalue weighted by Crippen LogP contribution is 2.21. The van der Waals surface area contributed by atoms with Gasteiger partial charge in [0.05, 0.1) is 0 Å². The van der Waals surface area contributed by atoms with Gasteiger partial charge in [0.2, 0.25) is 11.8 Å². The van der Waals surface area contributed by atoms with Gasteiger partial charge in [-0.3, -0.25) is 9.59 Å². The van der Waals surface area contributed by atoms with Crippen LogP contribution in [0, 0.1) is 12.8 Å². The molecule has 2 atom stereocenters. The van der Waals surface area contributed by atoms with E-state index in [2.05, 4.69) is 48.7 Å². The summed E-state index contributed by atoms with van der Waals surface area (Å²) in [7, 11) is 0. The Balaban J connectivity index is 1.50. The number of hydrogen-bond donors (Lipinski definition) is 1. The Bertz CT molecular complexity index is 606. The Kier molecular flexibility index (Phi) is 4.79. The van der Waals surface area contributed by atoms with Gasteiger partial charge in [-0.25, -0.2) is 0 Å². The van der Waals surface area contributed by atoms with E-state index in [9.17, 15) is 9.59 Å². The van der Waals surface area contributed by atoms with E-state index in [1.807, 2.05) is 4.90 Å². The second-order valence-electron chi connectivity index (χ2n) is 6.62. The minimum absolute atomic E-state index is 0.00270. The van der Waals surface area contributed by atoms with Crippen LogP contribution < -0.4 is 5.32 Å². The normalized spacial score (nSPS) is 23.5. The molecule has 1 aromatic carbocycles. The van der Waals surface area contributed by atoms with Gasteiger partial charge in [0.15, 0.2) is 0 Å². The fourth-order valence-electron chi connectivity index (χ4n) is 3.30. The Morgan fingerprint density at radius 3 is 2.74 bits per heavy atom. The van der Waals surface area contributed by atoms with Gasteiger partial charge in [-0.15, -0.1) is 0 Å². The van der Waals surface area contributed by atoms with Gasteiger partial charge in [-0.2, -0.15) is 0 Å². The van der Waals surface area contributed by atoms with Gasteiger partial charge < -0.3 is 10.2 Å². The van der Waals surface area contributed by atoms with E-state index in [4.69, 9.17) is 0 Å². The number of aryl methyl sites for hydroxylation is 1. The monoisotopic (exact) mass is 312 g/mol. The summed E-state index contributed by atoms with van der Waals surface area (Å²) in [6, 6.07) is 7.88. The number of carbonyl (C=O) groups excluding carboxylic acids is 2. The maximum absolute atomic E-state index is 12.4. The lowest BCUT2D eigenvalue weighted by Gasteiger charge is -2.18. The maximum atomic E-state index is 12.4. The van der Waals surface area contributed by atoms with Crippen LogP contribution in [0.3, 0.4) is 0 Å². The molecular formula is C19H24N2O2. The van der Waals surface area contributed by atoms with Gasteiger partial charge in [0, 0.05) is 19.5 Å². The van der Waals surface area contributed by atoms with Crippen molar-refractivity contribution in [3.8, 4) is 0 Å². The number of rotatable bonds is 5. The van der Waals surface area contributed by atoms with Crippen molar-refractivity contribution in [2.45, 2.75) is 45.2 Å². The summed E-state index contributed by atoms with van der Waals surface area (Å²) >= 11 is 0. The predicted molar refractivity (Wildman–Crippen MR) is 89.6 cm³/mol. The quantitative estimate of drug-likeness (QED) is 0.850. The highest BCUT2D eigenvalue weighted by atomic mass is 16.2. The van der Waals surface area contributed by atoms with E-state index in [0.29, 0.717) is 31.8 Å². The number of allylic oxidation sites excluding steroid dienone is 2. The van der Waals surface area contributed by atoms with Crippen LogP contribution in [0.4, 0.5) is 0 Å². The first-order chi connectivity index (χ1) is 11.1. The van der Waals surface area contributed by atoms with E-state index in [-0.39, 0.29) is 17.9 Å². The SMILES string of the molecule is Cc1ccc(CN2CCC(NC(=O)CC3C=CCC3)C2=O)cc1. The largest absolute Gasteiger partial charge is 0.344 e. The number of carbonyl (C=O) groups is 2. The molecule has 2 aliphatic rings. The smallest absolute Gasteiger partial charge is 0.245 e. The third kappa shape index (κ3) is 4.01. The van der Waals surface area contributed by atoms with Crippen molar-refractivity contribution in [3.05, 3.63) is 47.5 Å². The molecule has 1 aliphatic carbocycles. The number of nitrogens with zero attached hydrogens (tertiary/aromatic N) is 1. The van der Waals surface area contributed by atoms with Crippen molar-refractivity contribution >= 4 is 11.8 Å². The standard InChI is InChI=1S/C19H24N2O2/c1-14-6-8-16(9-7-14)13-21-11-10-17(19(21)23)20-18(22)12-15-4-2-3-5-15/h2,4,6-9,15,17H,3,5,10-13H2,1H3,(H,20,22). The number of amides is 2. The van der Waals surface area contributed by atoms with Crippen molar-refractivity contribution in [2.24, 2.45) is 5.92 Å². The first-order valence-corrected chi connectivity index (χ1v) is 8.42. The highest BCUT2D eigenvalue weighted by Gasteiger charge is 2.32. The third-order valence-corrected chi connectivity index (χ3v) is 4.69.